The third kappa shape index (κ3) is 4.24. The Morgan fingerprint density at radius 1 is 1.03 bits per heavy atom. The van der Waals surface area contributed by atoms with Crippen LogP contribution in [0.4, 0.5) is 0 Å². The van der Waals surface area contributed by atoms with Crippen molar-refractivity contribution >= 4 is 17.4 Å². The molecule has 4 rings (SSSR count). The van der Waals surface area contributed by atoms with E-state index in [1.807, 2.05) is 43.3 Å². The van der Waals surface area contributed by atoms with Crippen LogP contribution in [0.3, 0.4) is 0 Å². The van der Waals surface area contributed by atoms with E-state index in [0.29, 0.717) is 5.56 Å². The maximum absolute atomic E-state index is 13.4. The van der Waals surface area contributed by atoms with Crippen molar-refractivity contribution in [2.75, 3.05) is 7.11 Å². The molecule has 5 heteroatoms. The Morgan fingerprint density at radius 3 is 2.32 bits per heavy atom. The molecular formula is C29H35NO4. The van der Waals surface area contributed by atoms with E-state index in [0.717, 1.165) is 54.5 Å². The highest BCUT2D eigenvalue weighted by atomic mass is 16.5. The van der Waals surface area contributed by atoms with Gasteiger partial charge < -0.3 is 14.7 Å². The SMILES string of the molecule is COc1ccc(/C(O)=C2\C(=O)C(=O)N(C3CCCCC3)C2c2ccccc2C)cc1C(C)(C)C. The molecule has 1 N–H and O–H groups in total. The molecular weight excluding hydrogens is 426 g/mol. The number of carbonyl (C=O) groups is 2. The number of hydrogen-bond acceptors (Lipinski definition) is 4. The Kier molecular flexibility index (Phi) is 6.57. The van der Waals surface area contributed by atoms with Gasteiger partial charge in [0.25, 0.3) is 11.7 Å². The van der Waals surface area contributed by atoms with Crippen molar-refractivity contribution in [1.82, 2.24) is 4.90 Å². The zero-order valence-electron chi connectivity index (χ0n) is 20.9. The lowest BCUT2D eigenvalue weighted by Crippen LogP contribution is -2.40. The summed E-state index contributed by atoms with van der Waals surface area (Å²) in [6.07, 6.45) is 5.00. The quantitative estimate of drug-likeness (QED) is 0.342. The van der Waals surface area contributed by atoms with Crippen LogP contribution in [0.1, 0.15) is 81.2 Å². The fourth-order valence-electron chi connectivity index (χ4n) is 5.38. The Morgan fingerprint density at radius 2 is 1.71 bits per heavy atom. The highest BCUT2D eigenvalue weighted by Crippen LogP contribution is 2.44. The minimum Gasteiger partial charge on any atom is -0.507 e. The second-order valence-corrected chi connectivity index (χ2v) is 10.5. The van der Waals surface area contributed by atoms with E-state index in [1.54, 1.807) is 18.1 Å². The summed E-state index contributed by atoms with van der Waals surface area (Å²) in [7, 11) is 1.62. The number of carbonyl (C=O) groups excluding carboxylic acids is 2. The predicted octanol–water partition coefficient (Wildman–Crippen LogP) is 6.06. The van der Waals surface area contributed by atoms with Crippen LogP contribution >= 0.6 is 0 Å². The van der Waals surface area contributed by atoms with Gasteiger partial charge in [-0.2, -0.15) is 0 Å². The van der Waals surface area contributed by atoms with Crippen LogP contribution in [0.5, 0.6) is 5.75 Å². The molecule has 0 spiro atoms. The number of ketones is 1. The van der Waals surface area contributed by atoms with Crippen molar-refractivity contribution in [3.8, 4) is 5.75 Å². The van der Waals surface area contributed by atoms with Crippen LogP contribution in [-0.2, 0) is 15.0 Å². The minimum absolute atomic E-state index is 0.00103. The number of hydrogen-bond donors (Lipinski definition) is 1. The molecule has 1 atom stereocenters. The van der Waals surface area contributed by atoms with Gasteiger partial charge in [-0.1, -0.05) is 64.3 Å². The number of methoxy groups -OCH3 is 1. The molecule has 2 aromatic carbocycles. The molecule has 34 heavy (non-hydrogen) atoms. The van der Waals surface area contributed by atoms with Crippen LogP contribution < -0.4 is 4.74 Å². The molecule has 0 bridgehead atoms. The molecule has 1 aliphatic carbocycles. The monoisotopic (exact) mass is 461 g/mol. The second-order valence-electron chi connectivity index (χ2n) is 10.5. The molecule has 2 aliphatic rings. The number of rotatable bonds is 4. The van der Waals surface area contributed by atoms with Crippen LogP contribution in [-0.4, -0.2) is 34.8 Å². The molecule has 1 heterocycles. The maximum Gasteiger partial charge on any atom is 0.295 e. The lowest BCUT2D eigenvalue weighted by molar-refractivity contribution is -0.141. The first-order valence-electron chi connectivity index (χ1n) is 12.2. The zero-order chi connectivity index (χ0) is 24.6. The standard InChI is InChI=1S/C29H35NO4/c1-18-11-9-10-14-21(18)25-24(27(32)28(33)30(25)20-12-7-6-8-13-20)26(31)19-15-16-23(34-5)22(17-19)29(2,3)4/h9-11,14-17,20,25,31H,6-8,12-13H2,1-5H3/b26-24+. The largest absolute Gasteiger partial charge is 0.507 e. The molecule has 1 unspecified atom stereocenters. The van der Waals surface area contributed by atoms with Gasteiger partial charge in [-0.3, -0.25) is 9.59 Å². The molecule has 2 fully saturated rings. The van der Waals surface area contributed by atoms with Crippen molar-refractivity contribution in [2.45, 2.75) is 77.3 Å². The number of nitrogens with zero attached hydrogens (tertiary/aromatic N) is 1. The van der Waals surface area contributed by atoms with E-state index in [2.05, 4.69) is 20.8 Å². The molecule has 1 saturated carbocycles. The van der Waals surface area contributed by atoms with Crippen molar-refractivity contribution in [3.63, 3.8) is 0 Å². The molecule has 1 aliphatic heterocycles. The smallest absolute Gasteiger partial charge is 0.295 e. The molecule has 5 nitrogen and oxygen atoms in total. The van der Waals surface area contributed by atoms with Gasteiger partial charge in [0.15, 0.2) is 0 Å². The van der Waals surface area contributed by atoms with Gasteiger partial charge in [0.2, 0.25) is 0 Å². The van der Waals surface area contributed by atoms with E-state index >= 15 is 0 Å². The van der Waals surface area contributed by atoms with E-state index in [9.17, 15) is 14.7 Å². The van der Waals surface area contributed by atoms with Crippen LogP contribution in [0.15, 0.2) is 48.0 Å². The average molecular weight is 462 g/mol. The molecule has 180 valence electrons. The summed E-state index contributed by atoms with van der Waals surface area (Å²) in [5.41, 5.74) is 3.27. The third-order valence-corrected chi connectivity index (χ3v) is 7.21. The van der Waals surface area contributed by atoms with Crippen LogP contribution in [0, 0.1) is 6.92 Å². The first-order chi connectivity index (χ1) is 16.1. The number of likely N-dealkylation sites (tertiary alicyclic amines) is 1. The number of ether oxygens (including phenoxy) is 1. The van der Waals surface area contributed by atoms with Gasteiger partial charge in [-0.15, -0.1) is 0 Å². The minimum atomic E-state index is -0.607. The van der Waals surface area contributed by atoms with Crippen LogP contribution in [0.2, 0.25) is 0 Å². The van der Waals surface area contributed by atoms with E-state index in [-0.39, 0.29) is 22.8 Å². The average Bonchev–Trinajstić information content (AvgIpc) is 3.08. The van der Waals surface area contributed by atoms with E-state index in [4.69, 9.17) is 4.74 Å². The summed E-state index contributed by atoms with van der Waals surface area (Å²) >= 11 is 0. The Balaban J connectivity index is 1.91. The van der Waals surface area contributed by atoms with Crippen molar-refractivity contribution < 1.29 is 19.4 Å². The molecule has 2 aromatic rings. The summed E-state index contributed by atoms with van der Waals surface area (Å²) in [4.78, 5) is 28.6. The predicted molar refractivity (Wildman–Crippen MR) is 134 cm³/mol. The second kappa shape index (κ2) is 9.28. The number of Topliss-reactive ketones (excluding diaryl/α,β-unsaturated/α-hetero) is 1. The topological polar surface area (TPSA) is 66.8 Å². The highest BCUT2D eigenvalue weighted by Gasteiger charge is 2.49. The number of aryl methyl sites for hydroxylation is 1. The first kappa shape index (κ1) is 24.1. The van der Waals surface area contributed by atoms with Crippen molar-refractivity contribution in [1.29, 1.82) is 0 Å². The van der Waals surface area contributed by atoms with Crippen LogP contribution in [0.25, 0.3) is 5.76 Å². The summed E-state index contributed by atoms with van der Waals surface area (Å²) < 4.78 is 5.55. The van der Waals surface area contributed by atoms with Crippen molar-refractivity contribution in [2.24, 2.45) is 0 Å². The Labute approximate surface area is 202 Å². The number of benzene rings is 2. The molecule has 1 amide bonds. The fourth-order valence-corrected chi connectivity index (χ4v) is 5.38. The number of amides is 1. The normalized spacial score (nSPS) is 21.2. The van der Waals surface area contributed by atoms with Gasteiger partial charge in [0.05, 0.1) is 18.7 Å². The summed E-state index contributed by atoms with van der Waals surface area (Å²) in [6, 6.07) is 12.7. The van der Waals surface area contributed by atoms with Crippen molar-refractivity contribution in [3.05, 3.63) is 70.3 Å². The first-order valence-corrected chi connectivity index (χ1v) is 12.2. The summed E-state index contributed by atoms with van der Waals surface area (Å²) in [5, 5.41) is 11.5. The third-order valence-electron chi connectivity index (χ3n) is 7.21. The fraction of sp³-hybridized carbons (Fsp3) is 0.448. The van der Waals surface area contributed by atoms with Gasteiger partial charge in [-0.25, -0.2) is 0 Å². The summed E-state index contributed by atoms with van der Waals surface area (Å²) in [5.74, 6) is -0.518. The van der Waals surface area contributed by atoms with Gasteiger partial charge in [0, 0.05) is 17.2 Å². The lowest BCUT2D eigenvalue weighted by atomic mass is 9.84. The van der Waals surface area contributed by atoms with Gasteiger partial charge in [-0.05, 0) is 54.5 Å². The summed E-state index contributed by atoms with van der Waals surface area (Å²) in [6.45, 7) is 8.21. The molecule has 1 saturated heterocycles. The molecule has 0 radical (unpaired) electrons. The van der Waals surface area contributed by atoms with Gasteiger partial charge >= 0.3 is 0 Å². The maximum atomic E-state index is 13.4. The molecule has 0 aromatic heterocycles. The Hall–Kier alpha value is -3.08. The highest BCUT2D eigenvalue weighted by molar-refractivity contribution is 6.46. The Bertz CT molecular complexity index is 1140. The number of aliphatic hydroxyl groups excluding tert-OH is 1. The lowest BCUT2D eigenvalue weighted by Gasteiger charge is -2.36. The van der Waals surface area contributed by atoms with E-state index < -0.39 is 17.7 Å². The zero-order valence-corrected chi connectivity index (χ0v) is 20.9. The van der Waals surface area contributed by atoms with E-state index in [1.165, 1.54) is 0 Å². The van der Waals surface area contributed by atoms with Gasteiger partial charge in [0.1, 0.15) is 11.5 Å². The number of aliphatic hydroxyl groups is 1.